The third-order valence-corrected chi connectivity index (χ3v) is 4.15. The molecule has 0 bridgehead atoms. The molecule has 1 aliphatic heterocycles. The van der Waals surface area contributed by atoms with Gasteiger partial charge in [0, 0.05) is 24.7 Å². The largest absolute Gasteiger partial charge is 0.493 e. The van der Waals surface area contributed by atoms with Crippen molar-refractivity contribution in [3.8, 4) is 17.2 Å². The molecule has 1 fully saturated rings. The minimum absolute atomic E-state index is 0.635. The fourth-order valence-corrected chi connectivity index (χ4v) is 2.91. The number of likely N-dealkylation sites (tertiary alicyclic amines) is 1. The van der Waals surface area contributed by atoms with Crippen LogP contribution in [-0.4, -0.2) is 52.4 Å². The molecule has 1 saturated heterocycles. The van der Waals surface area contributed by atoms with Crippen molar-refractivity contribution in [3.05, 3.63) is 17.7 Å². The highest BCUT2D eigenvalue weighted by atomic mass is 16.5. The Morgan fingerprint density at radius 2 is 1.90 bits per heavy atom. The van der Waals surface area contributed by atoms with Gasteiger partial charge in [-0.05, 0) is 32.5 Å². The fourth-order valence-electron chi connectivity index (χ4n) is 2.91. The van der Waals surface area contributed by atoms with Crippen LogP contribution in [0.15, 0.2) is 12.1 Å². The summed E-state index contributed by atoms with van der Waals surface area (Å²) in [6.45, 7) is 2.95. The number of rotatable bonds is 7. The molecule has 1 aromatic rings. The molecule has 0 saturated carbocycles. The molecule has 0 aromatic heterocycles. The van der Waals surface area contributed by atoms with Crippen LogP contribution in [0, 0.1) is 0 Å². The third kappa shape index (κ3) is 3.60. The highest BCUT2D eigenvalue weighted by molar-refractivity contribution is 5.55. The maximum absolute atomic E-state index is 5.50. The van der Waals surface area contributed by atoms with E-state index in [9.17, 15) is 0 Å². The van der Waals surface area contributed by atoms with E-state index in [1.807, 2.05) is 12.1 Å². The molecule has 1 heterocycles. The van der Waals surface area contributed by atoms with Gasteiger partial charge in [-0.3, -0.25) is 0 Å². The molecule has 5 heteroatoms. The number of hydrogen-bond donors (Lipinski definition) is 1. The summed E-state index contributed by atoms with van der Waals surface area (Å²) in [6.07, 6.45) is 2.56. The maximum atomic E-state index is 5.50. The highest BCUT2D eigenvalue weighted by Crippen LogP contribution is 2.39. The zero-order valence-corrected chi connectivity index (χ0v) is 13.4. The summed E-state index contributed by atoms with van der Waals surface area (Å²) in [6, 6.07) is 4.57. The molecule has 1 unspecified atom stereocenters. The van der Waals surface area contributed by atoms with E-state index in [0.717, 1.165) is 24.4 Å². The quantitative estimate of drug-likeness (QED) is 0.832. The van der Waals surface area contributed by atoms with E-state index in [1.165, 1.54) is 19.4 Å². The first kappa shape index (κ1) is 15.9. The van der Waals surface area contributed by atoms with Crippen molar-refractivity contribution in [2.75, 3.05) is 41.5 Å². The smallest absolute Gasteiger partial charge is 0.203 e. The lowest BCUT2D eigenvalue weighted by Crippen LogP contribution is -2.35. The molecule has 0 aliphatic carbocycles. The van der Waals surface area contributed by atoms with E-state index in [0.29, 0.717) is 17.5 Å². The van der Waals surface area contributed by atoms with Gasteiger partial charge in [0.2, 0.25) is 5.75 Å². The van der Waals surface area contributed by atoms with Gasteiger partial charge in [-0.1, -0.05) is 6.07 Å². The average Bonchev–Trinajstić information content (AvgIpc) is 2.91. The maximum Gasteiger partial charge on any atom is 0.203 e. The molecular weight excluding hydrogens is 268 g/mol. The molecule has 5 nitrogen and oxygen atoms in total. The second-order valence-electron chi connectivity index (χ2n) is 5.40. The van der Waals surface area contributed by atoms with Crippen LogP contribution in [0.4, 0.5) is 0 Å². The Morgan fingerprint density at radius 3 is 2.48 bits per heavy atom. The normalized spacial score (nSPS) is 18.8. The van der Waals surface area contributed by atoms with Crippen molar-refractivity contribution in [1.29, 1.82) is 0 Å². The van der Waals surface area contributed by atoms with Crippen molar-refractivity contribution in [1.82, 2.24) is 10.2 Å². The van der Waals surface area contributed by atoms with E-state index in [1.54, 1.807) is 21.3 Å². The molecule has 0 spiro atoms. The fraction of sp³-hybridized carbons (Fsp3) is 0.625. The van der Waals surface area contributed by atoms with Crippen LogP contribution >= 0.6 is 0 Å². The Kier molecular flexibility index (Phi) is 5.70. The van der Waals surface area contributed by atoms with E-state index in [4.69, 9.17) is 14.2 Å². The monoisotopic (exact) mass is 294 g/mol. The van der Waals surface area contributed by atoms with Crippen LogP contribution in [0.25, 0.3) is 0 Å². The average molecular weight is 294 g/mol. The van der Waals surface area contributed by atoms with Gasteiger partial charge in [0.25, 0.3) is 0 Å². The van der Waals surface area contributed by atoms with Gasteiger partial charge in [0.05, 0.1) is 21.3 Å². The number of benzene rings is 1. The molecule has 118 valence electrons. The van der Waals surface area contributed by atoms with Crippen LogP contribution < -0.4 is 19.5 Å². The lowest BCUT2D eigenvalue weighted by Gasteiger charge is -2.20. The molecule has 1 N–H and O–H groups in total. The van der Waals surface area contributed by atoms with Crippen LogP contribution in [0.5, 0.6) is 17.2 Å². The van der Waals surface area contributed by atoms with Gasteiger partial charge in [0.15, 0.2) is 11.5 Å². The molecule has 2 rings (SSSR count). The lowest BCUT2D eigenvalue weighted by molar-refractivity contribution is 0.298. The predicted octanol–water partition coefficient (Wildman–Crippen LogP) is 1.90. The Labute approximate surface area is 127 Å². The summed E-state index contributed by atoms with van der Waals surface area (Å²) in [5.41, 5.74) is 1.08. The summed E-state index contributed by atoms with van der Waals surface area (Å²) in [5, 5.41) is 3.52. The van der Waals surface area contributed by atoms with Gasteiger partial charge >= 0.3 is 0 Å². The SMILES string of the molecule is COc1ccc(CNCC2CCCN2C)c(OC)c1OC. The van der Waals surface area contributed by atoms with Crippen molar-refractivity contribution >= 4 is 0 Å². The Bertz CT molecular complexity index is 465. The first-order valence-electron chi connectivity index (χ1n) is 7.40. The summed E-state index contributed by atoms with van der Waals surface area (Å²) >= 11 is 0. The summed E-state index contributed by atoms with van der Waals surface area (Å²) < 4.78 is 16.2. The second kappa shape index (κ2) is 7.52. The van der Waals surface area contributed by atoms with Gasteiger partial charge in [-0.15, -0.1) is 0 Å². The molecule has 1 aliphatic rings. The zero-order valence-electron chi connectivity index (χ0n) is 13.4. The van der Waals surface area contributed by atoms with Gasteiger partial charge in [-0.25, -0.2) is 0 Å². The number of hydrogen-bond acceptors (Lipinski definition) is 5. The van der Waals surface area contributed by atoms with E-state index in [-0.39, 0.29) is 0 Å². The Hall–Kier alpha value is -1.46. The van der Waals surface area contributed by atoms with Crippen molar-refractivity contribution in [2.45, 2.75) is 25.4 Å². The van der Waals surface area contributed by atoms with E-state index in [2.05, 4.69) is 17.3 Å². The van der Waals surface area contributed by atoms with E-state index >= 15 is 0 Å². The van der Waals surface area contributed by atoms with Crippen LogP contribution in [0.1, 0.15) is 18.4 Å². The topological polar surface area (TPSA) is 43.0 Å². The number of methoxy groups -OCH3 is 3. The molecule has 1 aromatic carbocycles. The molecule has 0 radical (unpaired) electrons. The number of likely N-dealkylation sites (N-methyl/N-ethyl adjacent to an activating group) is 1. The molecular formula is C16H26N2O3. The number of nitrogens with zero attached hydrogens (tertiary/aromatic N) is 1. The molecule has 0 amide bonds. The number of ether oxygens (including phenoxy) is 3. The second-order valence-corrected chi connectivity index (χ2v) is 5.40. The molecule has 1 atom stereocenters. The minimum Gasteiger partial charge on any atom is -0.493 e. The van der Waals surface area contributed by atoms with Crippen LogP contribution in [0.3, 0.4) is 0 Å². The standard InChI is InChI=1S/C16H26N2O3/c1-18-9-5-6-13(18)11-17-10-12-7-8-14(19-2)16(21-4)15(12)20-3/h7-8,13,17H,5-6,9-11H2,1-4H3. The zero-order chi connectivity index (χ0) is 15.2. The lowest BCUT2D eigenvalue weighted by atomic mass is 10.1. The third-order valence-electron chi connectivity index (χ3n) is 4.15. The van der Waals surface area contributed by atoms with Crippen LogP contribution in [0.2, 0.25) is 0 Å². The van der Waals surface area contributed by atoms with Gasteiger partial charge in [-0.2, -0.15) is 0 Å². The number of nitrogens with one attached hydrogen (secondary N) is 1. The van der Waals surface area contributed by atoms with Crippen molar-refractivity contribution in [2.24, 2.45) is 0 Å². The molecule has 21 heavy (non-hydrogen) atoms. The predicted molar refractivity (Wildman–Crippen MR) is 83.5 cm³/mol. The first-order chi connectivity index (χ1) is 10.2. The summed E-state index contributed by atoms with van der Waals surface area (Å²) in [7, 11) is 7.11. The summed E-state index contributed by atoms with van der Waals surface area (Å²) in [5.74, 6) is 2.08. The first-order valence-corrected chi connectivity index (χ1v) is 7.40. The van der Waals surface area contributed by atoms with Gasteiger partial charge in [0.1, 0.15) is 0 Å². The van der Waals surface area contributed by atoms with Crippen LogP contribution in [-0.2, 0) is 6.54 Å². The summed E-state index contributed by atoms with van der Waals surface area (Å²) in [4.78, 5) is 2.42. The Balaban J connectivity index is 2.02. The van der Waals surface area contributed by atoms with E-state index < -0.39 is 0 Å². The van der Waals surface area contributed by atoms with Gasteiger partial charge < -0.3 is 24.4 Å². The van der Waals surface area contributed by atoms with Crippen molar-refractivity contribution in [3.63, 3.8) is 0 Å². The highest BCUT2D eigenvalue weighted by Gasteiger charge is 2.21. The minimum atomic E-state index is 0.635. The Morgan fingerprint density at radius 1 is 1.14 bits per heavy atom. The van der Waals surface area contributed by atoms with Crippen molar-refractivity contribution < 1.29 is 14.2 Å².